The van der Waals surface area contributed by atoms with Gasteiger partial charge in [-0.15, -0.1) is 0 Å². The van der Waals surface area contributed by atoms with E-state index < -0.39 is 120 Å². The van der Waals surface area contributed by atoms with Gasteiger partial charge in [-0.05, 0) is 270 Å². The molecule has 17 aromatic rings. The highest BCUT2D eigenvalue weighted by molar-refractivity contribution is 7.00. The molecule has 5 heteroatoms. The molecule has 0 radical (unpaired) electrons. The van der Waals surface area contributed by atoms with Gasteiger partial charge < -0.3 is 18.9 Å². The SMILES string of the molecule is [2H]c1c([2H])c([2H])c2c(c1[2H])c1c([2H])c([2H])c([2H])c([2H])c1n2-c1ccc2c(c1)N(c1ccc(C(C)(C)C)cc1-c1cc(-c3ccc(C(C)(C)C)cc3)cc(-c3ccc(C(C)(C)C)cc3)c1)c1cc(C(C)(C)C)cc3c1B2c1ccc(-n2c4c([2H])c([2H])c([2H])c([2H])c4c4c([2H])c([2H])c([2H])c([2H])c42)cc1N3c1ccc(C(C)(C)C)cc1-c1cc(-c2ccc(C(C)(C)C)cc2)cc(-c2ccc(C(C)(C)C)cc2)c1. The third-order valence-corrected chi connectivity index (χ3v) is 25.5. The van der Waals surface area contributed by atoms with Gasteiger partial charge in [0.25, 0.3) is 6.71 Å². The first-order valence-corrected chi connectivity index (χ1v) is 43.2. The quantitative estimate of drug-likeness (QED) is 0.127. The number of hydrogen-bond acceptors (Lipinski definition) is 2. The molecule has 0 amide bonds. The molecular formula is C118H115BN4. The van der Waals surface area contributed by atoms with E-state index in [1.165, 1.54) is 22.3 Å². The average molecular weight is 1620 g/mol. The van der Waals surface area contributed by atoms with Gasteiger partial charge >= 0.3 is 0 Å². The lowest BCUT2D eigenvalue weighted by atomic mass is 9.33. The van der Waals surface area contributed by atoms with Crippen LogP contribution in [0.15, 0.2) is 315 Å². The molecule has 15 aromatic carbocycles. The zero-order valence-electron chi connectivity index (χ0n) is 90.7. The summed E-state index contributed by atoms with van der Waals surface area (Å²) in [7, 11) is 0. The predicted octanol–water partition coefficient (Wildman–Crippen LogP) is 31.0. The summed E-state index contributed by atoms with van der Waals surface area (Å²) in [5.74, 6) is 0. The number of anilines is 6. The van der Waals surface area contributed by atoms with Gasteiger partial charge in [0.15, 0.2) is 0 Å². The van der Waals surface area contributed by atoms with E-state index >= 15 is 0 Å². The van der Waals surface area contributed by atoms with Crippen LogP contribution in [0, 0.1) is 0 Å². The third kappa shape index (κ3) is 14.3. The largest absolute Gasteiger partial charge is 0.311 e. The first kappa shape index (κ1) is 63.5. The summed E-state index contributed by atoms with van der Waals surface area (Å²) >= 11 is 0. The lowest BCUT2D eigenvalue weighted by molar-refractivity contribution is 0.590. The summed E-state index contributed by atoms with van der Waals surface area (Å²) in [5.41, 5.74) is 24.1. The Kier molecular flexibility index (Phi) is 15.0. The summed E-state index contributed by atoms with van der Waals surface area (Å²) in [6.45, 7) is 45.8. The van der Waals surface area contributed by atoms with Crippen LogP contribution in [0.2, 0.25) is 0 Å². The van der Waals surface area contributed by atoms with Crippen LogP contribution in [0.5, 0.6) is 0 Å². The van der Waals surface area contributed by atoms with Gasteiger partial charge in [-0.3, -0.25) is 0 Å². The summed E-state index contributed by atoms with van der Waals surface area (Å²) in [5, 5.41) is -0.285. The second-order valence-electron chi connectivity index (χ2n) is 41.2. The van der Waals surface area contributed by atoms with Crippen LogP contribution >= 0.6 is 0 Å². The summed E-state index contributed by atoms with van der Waals surface area (Å²) in [6, 6.07) is 71.0. The normalized spacial score (nSPS) is 15.2. The van der Waals surface area contributed by atoms with Gasteiger partial charge in [-0.25, -0.2) is 0 Å². The van der Waals surface area contributed by atoms with Crippen molar-refractivity contribution in [1.82, 2.24) is 9.13 Å². The van der Waals surface area contributed by atoms with Crippen LogP contribution in [-0.4, -0.2) is 15.8 Å². The molecule has 123 heavy (non-hydrogen) atoms. The molecule has 2 aliphatic rings. The molecular weight excluding hydrogens is 1480 g/mol. The molecule has 0 fully saturated rings. The number of rotatable bonds is 10. The van der Waals surface area contributed by atoms with E-state index in [0.717, 1.165) is 123 Å². The highest BCUT2D eigenvalue weighted by Crippen LogP contribution is 2.54. The number of para-hydroxylation sites is 4. The Morgan fingerprint density at radius 2 is 0.463 bits per heavy atom. The molecule has 4 nitrogen and oxygen atoms in total. The highest BCUT2D eigenvalue weighted by Gasteiger charge is 2.46. The average Bonchev–Trinajstić information content (AvgIpc) is 1.38. The van der Waals surface area contributed by atoms with E-state index in [1.807, 2.05) is 36.4 Å². The van der Waals surface area contributed by atoms with Crippen molar-refractivity contribution in [3.63, 3.8) is 0 Å². The first-order chi connectivity index (χ1) is 65.0. The van der Waals surface area contributed by atoms with Crippen molar-refractivity contribution in [1.29, 1.82) is 0 Å². The molecule has 0 N–H and O–H groups in total. The first-order valence-electron chi connectivity index (χ1n) is 51.2. The molecule has 2 aliphatic heterocycles. The van der Waals surface area contributed by atoms with Crippen molar-refractivity contribution in [3.8, 4) is 78.1 Å². The number of fused-ring (bicyclic) bond motifs is 10. The third-order valence-electron chi connectivity index (χ3n) is 25.5. The molecule has 0 aliphatic carbocycles. The van der Waals surface area contributed by atoms with E-state index in [4.69, 9.17) is 0 Å². The summed E-state index contributed by atoms with van der Waals surface area (Å²) in [6.07, 6.45) is 0. The fraction of sp³-hybridized carbons (Fsp3) is 0.237. The maximum Gasteiger partial charge on any atom is 0.252 e. The lowest BCUT2D eigenvalue weighted by Gasteiger charge is -2.46. The maximum atomic E-state index is 10.0. The number of nitrogens with zero attached hydrogens (tertiary/aromatic N) is 4. The minimum atomic E-state index is -0.779. The van der Waals surface area contributed by atoms with E-state index in [2.05, 4.69) is 337 Å². The van der Waals surface area contributed by atoms with Crippen molar-refractivity contribution in [3.05, 3.63) is 354 Å². The summed E-state index contributed by atoms with van der Waals surface area (Å²) < 4.78 is 157. The molecule has 0 unspecified atom stereocenters. The Morgan fingerprint density at radius 3 is 0.732 bits per heavy atom. The number of benzene rings is 15. The van der Waals surface area contributed by atoms with E-state index in [1.54, 1.807) is 9.13 Å². The Bertz CT molecular complexity index is 7310. The molecule has 19 rings (SSSR count). The molecule has 0 saturated heterocycles. The maximum absolute atomic E-state index is 10.0. The van der Waals surface area contributed by atoms with E-state index in [0.29, 0.717) is 22.7 Å². The van der Waals surface area contributed by atoms with Crippen molar-refractivity contribution < 1.29 is 21.9 Å². The van der Waals surface area contributed by atoms with Gasteiger partial charge in [0.1, 0.15) is 0 Å². The molecule has 2 aromatic heterocycles. The molecule has 0 spiro atoms. The van der Waals surface area contributed by atoms with Crippen molar-refractivity contribution >= 4 is 101 Å². The zero-order valence-corrected chi connectivity index (χ0v) is 74.7. The van der Waals surface area contributed by atoms with Gasteiger partial charge in [-0.1, -0.05) is 339 Å². The highest BCUT2D eigenvalue weighted by atomic mass is 15.2. The van der Waals surface area contributed by atoms with Crippen LogP contribution in [0.1, 0.15) is 206 Å². The van der Waals surface area contributed by atoms with E-state index in [-0.39, 0.29) is 65.3 Å². The molecule has 610 valence electrons. The predicted molar refractivity (Wildman–Crippen MR) is 533 cm³/mol. The Labute approximate surface area is 753 Å². The molecule has 4 heterocycles. The molecule has 0 bridgehead atoms. The topological polar surface area (TPSA) is 16.3 Å². The van der Waals surface area contributed by atoms with Crippen LogP contribution < -0.4 is 26.2 Å². The standard InChI is InChI=1S/C118H115BN4/c1-112(2,3)84-46-38-74(39-47-84)78-62-79(75-40-48-85(49-41-75)113(4,5)6)65-82(64-78)97-68-88(116(13,14)15)54-60-105(97)122-107-72-91(120-101-34-26-22-30-93(101)94-31-23-27-35-102(94)120)56-58-99(107)119-100-59-57-92(121-103-36-28-24-32-95(103)96-33-25-29-37-104(96)121)73-108(100)123(110-71-90(118(19,20)21)70-109(122)111(110)119)106-61-55-89(117(16,17)18)69-98(106)83-66-80(76-42-50-86(51-43-76)114(7,8)9)63-81(67-83)77-44-52-87(53-45-77)115(10,11)12/h22-73H,1-21H3/i22D,23D,24D,25D,26D,27D,28D,29D,30D,31D,32D,33D,34D,35D,36D,37D. The second kappa shape index (κ2) is 29.1. The van der Waals surface area contributed by atoms with Gasteiger partial charge in [0.05, 0.1) is 55.4 Å². The Balaban J connectivity index is 0.995. The monoisotopic (exact) mass is 1620 g/mol. The van der Waals surface area contributed by atoms with Crippen LogP contribution in [0.4, 0.5) is 34.1 Å². The molecule has 0 atom stereocenters. The Morgan fingerprint density at radius 1 is 0.211 bits per heavy atom. The second-order valence-corrected chi connectivity index (χ2v) is 41.2. The Hall–Kier alpha value is -12.4. The van der Waals surface area contributed by atoms with Gasteiger partial charge in [0, 0.05) is 66.8 Å². The number of hydrogen-bond donors (Lipinski definition) is 0. The van der Waals surface area contributed by atoms with E-state index in [9.17, 15) is 21.9 Å². The molecule has 0 saturated carbocycles. The zero-order chi connectivity index (χ0) is 100. The van der Waals surface area contributed by atoms with Crippen molar-refractivity contribution in [2.75, 3.05) is 9.80 Å². The lowest BCUT2D eigenvalue weighted by Crippen LogP contribution is -2.61. The number of aromatic nitrogens is 2. The minimum absolute atomic E-state index is 0.0487. The fourth-order valence-corrected chi connectivity index (χ4v) is 18.3. The van der Waals surface area contributed by atoms with Crippen LogP contribution in [0.25, 0.3) is 122 Å². The smallest absolute Gasteiger partial charge is 0.252 e. The minimum Gasteiger partial charge on any atom is -0.311 e. The van der Waals surface area contributed by atoms with Gasteiger partial charge in [-0.2, -0.15) is 0 Å². The van der Waals surface area contributed by atoms with Crippen molar-refractivity contribution in [2.24, 2.45) is 0 Å². The van der Waals surface area contributed by atoms with Gasteiger partial charge in [0.2, 0.25) is 0 Å². The van der Waals surface area contributed by atoms with Crippen LogP contribution in [-0.2, 0) is 37.9 Å². The fourth-order valence-electron chi connectivity index (χ4n) is 18.3. The van der Waals surface area contributed by atoms with Crippen LogP contribution in [0.3, 0.4) is 0 Å². The van der Waals surface area contributed by atoms with Crippen molar-refractivity contribution in [2.45, 2.75) is 183 Å². The summed E-state index contributed by atoms with van der Waals surface area (Å²) in [4.78, 5) is 4.69.